The lowest BCUT2D eigenvalue weighted by atomic mass is 10.4. The third kappa shape index (κ3) is 2.50. The highest BCUT2D eigenvalue weighted by Crippen LogP contribution is 2.09. The van der Waals surface area contributed by atoms with Crippen molar-refractivity contribution in [3.05, 3.63) is 0 Å². The second-order valence-electron chi connectivity index (χ2n) is 1.93. The smallest absolute Gasteiger partial charge is 0.339 e. The Bertz CT molecular complexity index is 196. The maximum Gasteiger partial charge on any atom is 0.339 e. The van der Waals surface area contributed by atoms with Crippen LogP contribution in [0.1, 0.15) is 0 Å². The van der Waals surface area contributed by atoms with Crippen LogP contribution in [0.4, 0.5) is 4.39 Å². The standard InChI is InChI=1S/C5H7FO5S/c6-1-2-9-5(7)4-3-10-12(8)11-4/h4H,1-3H2. The number of halogens is 1. The Morgan fingerprint density at radius 2 is 2.50 bits per heavy atom. The zero-order valence-corrected chi connectivity index (χ0v) is 6.84. The van der Waals surface area contributed by atoms with Crippen LogP contribution in [0.3, 0.4) is 0 Å². The molecule has 0 radical (unpaired) electrons. The fourth-order valence-corrected chi connectivity index (χ4v) is 1.22. The van der Waals surface area contributed by atoms with Gasteiger partial charge in [-0.25, -0.2) is 9.18 Å². The van der Waals surface area contributed by atoms with Crippen molar-refractivity contribution >= 4 is 17.3 Å². The quantitative estimate of drug-likeness (QED) is 0.572. The first kappa shape index (κ1) is 9.56. The Kier molecular flexibility index (Phi) is 3.57. The van der Waals surface area contributed by atoms with Gasteiger partial charge in [0.15, 0.2) is 6.10 Å². The van der Waals surface area contributed by atoms with Crippen LogP contribution in [0.25, 0.3) is 0 Å². The molecule has 0 aromatic rings. The molecule has 2 unspecified atom stereocenters. The summed E-state index contributed by atoms with van der Waals surface area (Å²) in [6.45, 7) is -1.18. The highest BCUT2D eigenvalue weighted by molar-refractivity contribution is 7.75. The molecule has 1 aliphatic heterocycles. The van der Waals surface area contributed by atoms with Gasteiger partial charge in [0.1, 0.15) is 19.9 Å². The van der Waals surface area contributed by atoms with E-state index in [-0.39, 0.29) is 13.2 Å². The Morgan fingerprint density at radius 3 is 3.00 bits per heavy atom. The third-order valence-corrected chi connectivity index (χ3v) is 1.81. The van der Waals surface area contributed by atoms with Crippen molar-refractivity contribution in [2.75, 3.05) is 19.9 Å². The third-order valence-electron chi connectivity index (χ3n) is 1.09. The average Bonchev–Trinajstić information content (AvgIpc) is 2.47. The Labute approximate surface area is 70.7 Å². The fraction of sp³-hybridized carbons (Fsp3) is 0.800. The lowest BCUT2D eigenvalue weighted by Crippen LogP contribution is -2.25. The van der Waals surface area contributed by atoms with Crippen LogP contribution in [0.5, 0.6) is 0 Å². The maximum absolute atomic E-state index is 11.5. The molecular weight excluding hydrogens is 191 g/mol. The molecule has 0 aliphatic carbocycles. The fourth-order valence-electron chi connectivity index (χ4n) is 0.607. The average molecular weight is 198 g/mol. The van der Waals surface area contributed by atoms with E-state index in [4.69, 9.17) is 0 Å². The van der Waals surface area contributed by atoms with Gasteiger partial charge in [-0.05, 0) is 0 Å². The summed E-state index contributed by atoms with van der Waals surface area (Å²) in [4.78, 5) is 10.8. The van der Waals surface area contributed by atoms with Crippen molar-refractivity contribution < 1.29 is 26.5 Å². The monoisotopic (exact) mass is 198 g/mol. The Hall–Kier alpha value is -0.530. The van der Waals surface area contributed by atoms with E-state index in [1.165, 1.54) is 0 Å². The van der Waals surface area contributed by atoms with Crippen molar-refractivity contribution in [3.63, 3.8) is 0 Å². The molecule has 1 aliphatic rings. The molecule has 0 amide bonds. The number of hydrogen-bond acceptors (Lipinski definition) is 5. The van der Waals surface area contributed by atoms with Crippen LogP contribution >= 0.6 is 0 Å². The van der Waals surface area contributed by atoms with Crippen molar-refractivity contribution in [1.82, 2.24) is 0 Å². The summed E-state index contributed by atoms with van der Waals surface area (Å²) >= 11 is -1.87. The molecule has 1 fully saturated rings. The number of esters is 1. The maximum atomic E-state index is 11.5. The van der Waals surface area contributed by atoms with E-state index >= 15 is 0 Å². The topological polar surface area (TPSA) is 61.8 Å². The molecule has 0 spiro atoms. The first-order valence-electron chi connectivity index (χ1n) is 3.19. The van der Waals surface area contributed by atoms with Crippen LogP contribution in [-0.4, -0.2) is 36.2 Å². The minimum Gasteiger partial charge on any atom is -0.461 e. The summed E-state index contributed by atoms with van der Waals surface area (Å²) in [6.07, 6.45) is -0.989. The van der Waals surface area contributed by atoms with E-state index in [0.717, 1.165) is 0 Å². The predicted molar refractivity (Wildman–Crippen MR) is 35.9 cm³/mol. The lowest BCUT2D eigenvalue weighted by Gasteiger charge is -2.04. The van der Waals surface area contributed by atoms with Gasteiger partial charge in [0.25, 0.3) is 0 Å². The first-order chi connectivity index (χ1) is 5.74. The molecule has 7 heteroatoms. The van der Waals surface area contributed by atoms with Crippen molar-refractivity contribution in [2.24, 2.45) is 0 Å². The van der Waals surface area contributed by atoms with Crippen LogP contribution in [0.2, 0.25) is 0 Å². The summed E-state index contributed by atoms with van der Waals surface area (Å²) in [7, 11) is 0. The summed E-state index contributed by atoms with van der Waals surface area (Å²) in [6, 6.07) is 0. The molecule has 1 heterocycles. The van der Waals surface area contributed by atoms with Gasteiger partial charge >= 0.3 is 17.3 Å². The van der Waals surface area contributed by atoms with Gasteiger partial charge in [-0.15, -0.1) is 0 Å². The van der Waals surface area contributed by atoms with E-state index in [2.05, 4.69) is 13.1 Å². The van der Waals surface area contributed by atoms with Crippen molar-refractivity contribution in [1.29, 1.82) is 0 Å². The predicted octanol–water partition coefficient (Wildman–Crippen LogP) is -0.507. The summed E-state index contributed by atoms with van der Waals surface area (Å²) in [5.74, 6) is -0.751. The molecular formula is C5H7FO5S. The van der Waals surface area contributed by atoms with E-state index in [9.17, 15) is 13.4 Å². The molecule has 2 atom stereocenters. The van der Waals surface area contributed by atoms with Gasteiger partial charge in [-0.2, -0.15) is 4.21 Å². The second-order valence-corrected chi connectivity index (χ2v) is 2.77. The number of hydrogen-bond donors (Lipinski definition) is 0. The van der Waals surface area contributed by atoms with E-state index in [1.807, 2.05) is 0 Å². The van der Waals surface area contributed by atoms with Gasteiger partial charge in [0.05, 0.1) is 0 Å². The van der Waals surface area contributed by atoms with Crippen LogP contribution in [0, 0.1) is 0 Å². The van der Waals surface area contributed by atoms with Gasteiger partial charge in [0, 0.05) is 0 Å². The SMILES string of the molecule is O=C(OCCF)C1COS(=O)O1. The van der Waals surface area contributed by atoms with Crippen molar-refractivity contribution in [3.8, 4) is 0 Å². The van der Waals surface area contributed by atoms with Crippen LogP contribution in [-0.2, 0) is 29.3 Å². The van der Waals surface area contributed by atoms with Crippen LogP contribution < -0.4 is 0 Å². The Balaban J connectivity index is 2.28. The van der Waals surface area contributed by atoms with Gasteiger partial charge in [0.2, 0.25) is 0 Å². The van der Waals surface area contributed by atoms with Gasteiger partial charge < -0.3 is 4.74 Å². The number of carbonyl (C=O) groups is 1. The molecule has 0 N–H and O–H groups in total. The second kappa shape index (κ2) is 4.48. The summed E-state index contributed by atoms with van der Waals surface area (Å²) < 4.78 is 35.2. The van der Waals surface area contributed by atoms with Crippen molar-refractivity contribution in [2.45, 2.75) is 6.10 Å². The molecule has 0 saturated carbocycles. The molecule has 0 aromatic carbocycles. The molecule has 0 bridgehead atoms. The number of carbonyl (C=O) groups excluding carboxylic acids is 1. The summed E-state index contributed by atoms with van der Waals surface area (Å²) in [5.41, 5.74) is 0. The highest BCUT2D eigenvalue weighted by atomic mass is 32.2. The lowest BCUT2D eigenvalue weighted by molar-refractivity contribution is -0.151. The van der Waals surface area contributed by atoms with Gasteiger partial charge in [-0.3, -0.25) is 8.37 Å². The molecule has 70 valence electrons. The minimum atomic E-state index is -1.87. The van der Waals surface area contributed by atoms with E-state index < -0.39 is 30.1 Å². The van der Waals surface area contributed by atoms with E-state index in [1.54, 1.807) is 0 Å². The normalized spacial score (nSPS) is 28.8. The minimum absolute atomic E-state index is 0.113. The number of alkyl halides is 1. The number of rotatable bonds is 3. The molecule has 5 nitrogen and oxygen atoms in total. The van der Waals surface area contributed by atoms with Gasteiger partial charge in [-0.1, -0.05) is 0 Å². The Morgan fingerprint density at radius 1 is 1.75 bits per heavy atom. The molecule has 12 heavy (non-hydrogen) atoms. The van der Waals surface area contributed by atoms with Crippen LogP contribution in [0.15, 0.2) is 0 Å². The highest BCUT2D eigenvalue weighted by Gasteiger charge is 2.31. The first-order valence-corrected chi connectivity index (χ1v) is 4.19. The van der Waals surface area contributed by atoms with E-state index in [0.29, 0.717) is 0 Å². The number of ether oxygens (including phenoxy) is 1. The largest absolute Gasteiger partial charge is 0.461 e. The molecule has 1 rings (SSSR count). The molecule has 1 saturated heterocycles. The molecule has 0 aromatic heterocycles. The zero-order chi connectivity index (χ0) is 8.97. The summed E-state index contributed by atoms with van der Waals surface area (Å²) in [5, 5.41) is 0. The zero-order valence-electron chi connectivity index (χ0n) is 6.03.